The van der Waals surface area contributed by atoms with Crippen molar-refractivity contribution >= 4 is 17.6 Å². The minimum Gasteiger partial charge on any atom is -0.385 e. The number of rotatable bonds is 10. The predicted molar refractivity (Wildman–Crippen MR) is 150 cm³/mol. The lowest BCUT2D eigenvalue weighted by Gasteiger charge is -2.40. The maximum Gasteiger partial charge on any atom is 0.259 e. The number of nitrogens with one attached hydrogen (secondary N) is 2. The fraction of sp³-hybridized carbons (Fsp3) is 0.786. The van der Waals surface area contributed by atoms with Gasteiger partial charge in [-0.05, 0) is 18.8 Å². The number of morpholine rings is 1. The summed E-state index contributed by atoms with van der Waals surface area (Å²) in [4.78, 5) is 40.5. The Balaban J connectivity index is 0.00000507. The molecule has 1 aromatic heterocycles. The molecule has 2 aliphatic rings. The molecule has 0 aliphatic carbocycles. The van der Waals surface area contributed by atoms with Crippen molar-refractivity contribution in [3.05, 3.63) is 17.6 Å². The summed E-state index contributed by atoms with van der Waals surface area (Å²) in [5, 5.41) is 6.78. The predicted octanol–water partition coefficient (Wildman–Crippen LogP) is 2.79. The Kier molecular flexibility index (Phi) is 12.4. The van der Waals surface area contributed by atoms with Gasteiger partial charge in [0.05, 0.1) is 19.1 Å². The first kappa shape index (κ1) is 31.9. The molecule has 0 radical (unpaired) electrons. The number of piperidine rings is 1. The van der Waals surface area contributed by atoms with Crippen LogP contribution in [0.3, 0.4) is 0 Å². The Hall–Kier alpha value is -2.30. The minimum atomic E-state index is -0.247. The van der Waals surface area contributed by atoms with Crippen molar-refractivity contribution in [3.63, 3.8) is 0 Å². The van der Waals surface area contributed by atoms with Crippen LogP contribution in [0.1, 0.15) is 71.1 Å². The van der Waals surface area contributed by atoms with Gasteiger partial charge in [0.2, 0.25) is 5.91 Å². The number of ether oxygens (including phenoxy) is 2. The molecule has 0 spiro atoms. The zero-order valence-electron chi connectivity index (χ0n) is 23.5. The smallest absolute Gasteiger partial charge is 0.259 e. The highest BCUT2D eigenvalue weighted by molar-refractivity contribution is 5.98. The second-order valence-corrected chi connectivity index (χ2v) is 11.5. The van der Waals surface area contributed by atoms with E-state index in [9.17, 15) is 9.59 Å². The van der Waals surface area contributed by atoms with Gasteiger partial charge in [-0.15, -0.1) is 0 Å². The molecule has 2 N–H and O–H groups in total. The van der Waals surface area contributed by atoms with E-state index in [4.69, 9.17) is 14.5 Å². The van der Waals surface area contributed by atoms with Gasteiger partial charge < -0.3 is 29.9 Å². The molecule has 0 saturated carbocycles. The number of anilines is 1. The van der Waals surface area contributed by atoms with Crippen LogP contribution >= 0.6 is 0 Å². The van der Waals surface area contributed by atoms with Gasteiger partial charge in [0.25, 0.3) is 5.91 Å². The summed E-state index contributed by atoms with van der Waals surface area (Å²) in [5.41, 5.74) is 0.218. The van der Waals surface area contributed by atoms with E-state index in [1.807, 2.05) is 9.80 Å². The Morgan fingerprint density at radius 3 is 2.61 bits per heavy atom. The number of hydrogen-bond acceptors (Lipinski definition) is 8. The molecule has 3 heterocycles. The van der Waals surface area contributed by atoms with Gasteiger partial charge in [0, 0.05) is 70.6 Å². The second-order valence-electron chi connectivity index (χ2n) is 11.5. The summed E-state index contributed by atoms with van der Waals surface area (Å²) in [7, 11) is 1.68. The Bertz CT molecular complexity index is 898. The maximum absolute atomic E-state index is 14.1. The van der Waals surface area contributed by atoms with E-state index in [1.165, 1.54) is 0 Å². The van der Waals surface area contributed by atoms with Gasteiger partial charge in [-0.25, -0.2) is 9.97 Å². The van der Waals surface area contributed by atoms with Crippen LogP contribution in [-0.4, -0.2) is 104 Å². The summed E-state index contributed by atoms with van der Waals surface area (Å²) in [6, 6.07) is -0.0951. The van der Waals surface area contributed by atoms with Gasteiger partial charge in [-0.1, -0.05) is 42.0 Å². The lowest BCUT2D eigenvalue weighted by atomic mass is 9.92. The highest BCUT2D eigenvalue weighted by Gasteiger charge is 2.36. The summed E-state index contributed by atoms with van der Waals surface area (Å²) in [6.07, 6.45) is 3.10. The third kappa shape index (κ3) is 8.61. The Labute approximate surface area is 229 Å². The molecule has 2 saturated heterocycles. The van der Waals surface area contributed by atoms with E-state index in [0.29, 0.717) is 82.7 Å². The second kappa shape index (κ2) is 14.7. The summed E-state index contributed by atoms with van der Waals surface area (Å²) in [6.45, 7) is 16.0. The van der Waals surface area contributed by atoms with Gasteiger partial charge in [-0.2, -0.15) is 0 Å². The van der Waals surface area contributed by atoms with Crippen LogP contribution in [0, 0.1) is 11.8 Å². The van der Waals surface area contributed by atoms with Crippen molar-refractivity contribution in [2.24, 2.45) is 11.8 Å². The van der Waals surface area contributed by atoms with Crippen LogP contribution in [0.25, 0.3) is 0 Å². The van der Waals surface area contributed by atoms with E-state index in [2.05, 4.69) is 50.2 Å². The molecule has 3 rings (SSSR count). The van der Waals surface area contributed by atoms with Crippen LogP contribution in [0.15, 0.2) is 6.20 Å². The monoisotopic (exact) mass is 534 g/mol. The van der Waals surface area contributed by atoms with Crippen molar-refractivity contribution < 1.29 is 19.1 Å². The minimum absolute atomic E-state index is 0. The molecule has 1 aromatic rings. The first-order valence-electron chi connectivity index (χ1n) is 13.6. The lowest BCUT2D eigenvalue weighted by Crippen LogP contribution is -2.56. The van der Waals surface area contributed by atoms with E-state index >= 15 is 0 Å². The van der Waals surface area contributed by atoms with E-state index in [-0.39, 0.29) is 42.5 Å². The molecule has 10 nitrogen and oxygen atoms in total. The van der Waals surface area contributed by atoms with Crippen LogP contribution in [0.2, 0.25) is 0 Å². The molecule has 10 heteroatoms. The van der Waals surface area contributed by atoms with Crippen molar-refractivity contribution in [1.82, 2.24) is 25.1 Å². The van der Waals surface area contributed by atoms with Gasteiger partial charge >= 0.3 is 0 Å². The standard InChI is InChI=1S/C27H46N6O4.CH4/c1-19(2)18-33(21-14-20(15-28-16-21)24(34)32-9-12-37-13-10-32)25(35)22-17-30-26(27(3,4)5)31-23(22)29-8-7-11-36-6;/h17,19-21,28H,7-16,18H2,1-6H3,(H,29,30,31);1H4/t20-,21+;/m1./s1. The fourth-order valence-corrected chi connectivity index (χ4v) is 4.79. The molecule has 2 amide bonds. The van der Waals surface area contributed by atoms with Crippen molar-refractivity contribution in [2.45, 2.75) is 66.3 Å². The Morgan fingerprint density at radius 1 is 1.26 bits per heavy atom. The van der Waals surface area contributed by atoms with Gasteiger partial charge in [-0.3, -0.25) is 9.59 Å². The molecule has 38 heavy (non-hydrogen) atoms. The lowest BCUT2D eigenvalue weighted by molar-refractivity contribution is -0.140. The summed E-state index contributed by atoms with van der Waals surface area (Å²) >= 11 is 0. The molecular formula is C28H50N6O4. The number of carbonyl (C=O) groups excluding carboxylic acids is 2. The SMILES string of the molecule is C.COCCCNc1nc(C(C)(C)C)ncc1C(=O)N(CC(C)C)[C@@H]1CNC[C@H](C(=O)N2CCOCC2)C1. The molecule has 0 aromatic carbocycles. The quantitative estimate of drug-likeness (QED) is 0.441. The van der Waals surface area contributed by atoms with Crippen LogP contribution < -0.4 is 10.6 Å². The van der Waals surface area contributed by atoms with Gasteiger partial charge in [0.1, 0.15) is 17.2 Å². The first-order valence-corrected chi connectivity index (χ1v) is 13.6. The molecule has 216 valence electrons. The normalized spacial score (nSPS) is 20.1. The third-order valence-corrected chi connectivity index (χ3v) is 6.77. The molecular weight excluding hydrogens is 484 g/mol. The largest absolute Gasteiger partial charge is 0.385 e. The number of amides is 2. The van der Waals surface area contributed by atoms with Crippen molar-refractivity contribution in [3.8, 4) is 0 Å². The number of hydrogen-bond donors (Lipinski definition) is 2. The van der Waals surface area contributed by atoms with Crippen molar-refractivity contribution in [1.29, 1.82) is 0 Å². The summed E-state index contributed by atoms with van der Waals surface area (Å²) in [5.74, 6) is 1.40. The average molecular weight is 535 g/mol. The third-order valence-electron chi connectivity index (χ3n) is 6.77. The molecule has 2 aliphatic heterocycles. The first-order chi connectivity index (χ1) is 17.6. The summed E-state index contributed by atoms with van der Waals surface area (Å²) < 4.78 is 10.6. The zero-order chi connectivity index (χ0) is 27.0. The van der Waals surface area contributed by atoms with Gasteiger partial charge in [0.15, 0.2) is 0 Å². The molecule has 2 fully saturated rings. The van der Waals surface area contributed by atoms with Crippen LogP contribution in [0.4, 0.5) is 5.82 Å². The van der Waals surface area contributed by atoms with E-state index in [0.717, 1.165) is 6.42 Å². The molecule has 0 bridgehead atoms. The van der Waals surface area contributed by atoms with Crippen LogP contribution in [-0.2, 0) is 19.7 Å². The molecule has 2 atom stereocenters. The Morgan fingerprint density at radius 2 is 1.97 bits per heavy atom. The highest BCUT2D eigenvalue weighted by atomic mass is 16.5. The zero-order valence-corrected chi connectivity index (χ0v) is 23.5. The average Bonchev–Trinajstić information content (AvgIpc) is 2.89. The van der Waals surface area contributed by atoms with E-state index < -0.39 is 0 Å². The van der Waals surface area contributed by atoms with Crippen molar-refractivity contribution in [2.75, 3.05) is 71.5 Å². The highest BCUT2D eigenvalue weighted by Crippen LogP contribution is 2.26. The van der Waals surface area contributed by atoms with Crippen LogP contribution in [0.5, 0.6) is 0 Å². The number of nitrogens with zero attached hydrogens (tertiary/aromatic N) is 4. The topological polar surface area (TPSA) is 109 Å². The molecule has 0 unspecified atom stereocenters. The van der Waals surface area contributed by atoms with E-state index in [1.54, 1.807) is 13.3 Å². The maximum atomic E-state index is 14.1. The number of aromatic nitrogens is 2. The fourth-order valence-electron chi connectivity index (χ4n) is 4.79. The number of carbonyl (C=O) groups is 2. The number of methoxy groups -OCH3 is 1.